The second kappa shape index (κ2) is 7.42. The molecular formula is C18H21N5O4S. The zero-order valence-corrected chi connectivity index (χ0v) is 16.4. The summed E-state index contributed by atoms with van der Waals surface area (Å²) in [6, 6.07) is 4.56. The Bertz CT molecular complexity index is 923. The zero-order valence-electron chi connectivity index (χ0n) is 15.6. The molecule has 2 aliphatic carbocycles. The summed E-state index contributed by atoms with van der Waals surface area (Å²) in [5.41, 5.74) is 0.301. The van der Waals surface area contributed by atoms with Crippen molar-refractivity contribution in [1.82, 2.24) is 14.8 Å². The molecule has 1 aromatic carbocycles. The van der Waals surface area contributed by atoms with E-state index < -0.39 is 10.2 Å². The fourth-order valence-corrected chi connectivity index (χ4v) is 3.93. The van der Waals surface area contributed by atoms with Gasteiger partial charge in [0.25, 0.3) is 5.69 Å². The Morgan fingerprint density at radius 3 is 2.71 bits per heavy atom. The number of thioether (sulfide) groups is 1. The van der Waals surface area contributed by atoms with Crippen LogP contribution in [-0.2, 0) is 4.79 Å². The number of aromatic nitrogens is 3. The van der Waals surface area contributed by atoms with Crippen molar-refractivity contribution in [2.24, 2.45) is 0 Å². The first-order valence-electron chi connectivity index (χ1n) is 9.22. The van der Waals surface area contributed by atoms with Crippen LogP contribution >= 0.6 is 11.8 Å². The summed E-state index contributed by atoms with van der Waals surface area (Å²) in [4.78, 5) is 23.1. The van der Waals surface area contributed by atoms with Crippen LogP contribution in [0.5, 0.6) is 5.75 Å². The first kappa shape index (κ1) is 18.7. The monoisotopic (exact) mass is 403 g/mol. The van der Waals surface area contributed by atoms with Crippen LogP contribution in [0.4, 0.5) is 11.4 Å². The van der Waals surface area contributed by atoms with Gasteiger partial charge in [0.05, 0.1) is 29.0 Å². The number of hydrogen-bond acceptors (Lipinski definition) is 7. The number of ether oxygens (including phenoxy) is 1. The lowest BCUT2D eigenvalue weighted by Crippen LogP contribution is -2.23. The molecule has 1 amide bonds. The number of carbonyl (C=O) groups is 1. The maximum Gasteiger partial charge on any atom is 0.273 e. The molecule has 10 heteroatoms. The standard InChI is InChI=1S/C18H21N5O4S/c1-10(17(24)19-14-8-7-13(23(25)26)9-15(14)27-2)28-18-21-20-16(11-3-4-11)22(18)12-5-6-12/h7-12H,3-6H2,1-2H3,(H,19,24)/t10-/m1/s1. The third-order valence-corrected chi connectivity index (χ3v) is 5.91. The van der Waals surface area contributed by atoms with Crippen molar-refractivity contribution < 1.29 is 14.5 Å². The van der Waals surface area contributed by atoms with Gasteiger partial charge in [-0.05, 0) is 38.7 Å². The Morgan fingerprint density at radius 1 is 1.36 bits per heavy atom. The number of carbonyl (C=O) groups excluding carboxylic acids is 1. The number of rotatable bonds is 8. The second-order valence-corrected chi connectivity index (χ2v) is 8.42. The minimum absolute atomic E-state index is 0.0950. The van der Waals surface area contributed by atoms with Gasteiger partial charge in [-0.1, -0.05) is 11.8 Å². The van der Waals surface area contributed by atoms with Gasteiger partial charge in [-0.25, -0.2) is 0 Å². The highest BCUT2D eigenvalue weighted by molar-refractivity contribution is 8.00. The molecule has 2 aliphatic rings. The Kier molecular flexibility index (Phi) is 4.96. The number of amides is 1. The summed E-state index contributed by atoms with van der Waals surface area (Å²) < 4.78 is 7.39. The minimum Gasteiger partial charge on any atom is -0.494 e. The summed E-state index contributed by atoms with van der Waals surface area (Å²) in [6.45, 7) is 1.81. The number of nitro groups is 1. The molecule has 148 valence electrons. The van der Waals surface area contributed by atoms with E-state index in [4.69, 9.17) is 4.74 Å². The lowest BCUT2D eigenvalue weighted by atomic mass is 10.2. The SMILES string of the molecule is COc1cc([N+](=O)[O-])ccc1NC(=O)[C@@H](C)Sc1nnc(C2CC2)n1C1CC1. The molecule has 0 aliphatic heterocycles. The number of non-ortho nitro benzene ring substituents is 1. The fraction of sp³-hybridized carbons (Fsp3) is 0.500. The molecule has 2 aromatic rings. The van der Waals surface area contributed by atoms with E-state index in [0.29, 0.717) is 17.6 Å². The van der Waals surface area contributed by atoms with Crippen LogP contribution in [0.15, 0.2) is 23.4 Å². The molecule has 0 bridgehead atoms. The van der Waals surface area contributed by atoms with Crippen molar-refractivity contribution in [1.29, 1.82) is 0 Å². The molecule has 28 heavy (non-hydrogen) atoms. The number of nitrogens with zero attached hydrogens (tertiary/aromatic N) is 4. The summed E-state index contributed by atoms with van der Waals surface area (Å²) in [5, 5.41) is 22.8. The van der Waals surface area contributed by atoms with E-state index in [1.165, 1.54) is 37.1 Å². The lowest BCUT2D eigenvalue weighted by molar-refractivity contribution is -0.384. The summed E-state index contributed by atoms with van der Waals surface area (Å²) in [7, 11) is 1.41. The van der Waals surface area contributed by atoms with Gasteiger partial charge in [-0.15, -0.1) is 10.2 Å². The van der Waals surface area contributed by atoms with Gasteiger partial charge < -0.3 is 14.6 Å². The highest BCUT2D eigenvalue weighted by Crippen LogP contribution is 2.46. The van der Waals surface area contributed by atoms with Gasteiger partial charge in [0, 0.05) is 18.0 Å². The van der Waals surface area contributed by atoms with E-state index in [0.717, 1.165) is 36.7 Å². The Morgan fingerprint density at radius 2 is 2.11 bits per heavy atom. The molecule has 2 fully saturated rings. The third kappa shape index (κ3) is 3.82. The number of hydrogen-bond donors (Lipinski definition) is 1. The maximum absolute atomic E-state index is 12.7. The van der Waals surface area contributed by atoms with E-state index in [1.807, 2.05) is 0 Å². The summed E-state index contributed by atoms with van der Waals surface area (Å²) in [6.07, 6.45) is 4.58. The maximum atomic E-state index is 12.7. The highest BCUT2D eigenvalue weighted by Gasteiger charge is 2.37. The van der Waals surface area contributed by atoms with E-state index in [1.54, 1.807) is 6.92 Å². The molecule has 1 N–H and O–H groups in total. The normalized spacial score (nSPS) is 17.2. The van der Waals surface area contributed by atoms with Crippen molar-refractivity contribution in [2.75, 3.05) is 12.4 Å². The van der Waals surface area contributed by atoms with Crippen LogP contribution in [0, 0.1) is 10.1 Å². The van der Waals surface area contributed by atoms with Crippen LogP contribution in [0.25, 0.3) is 0 Å². The van der Waals surface area contributed by atoms with Crippen molar-refractivity contribution >= 4 is 29.0 Å². The van der Waals surface area contributed by atoms with Crippen LogP contribution in [0.3, 0.4) is 0 Å². The van der Waals surface area contributed by atoms with E-state index in [9.17, 15) is 14.9 Å². The first-order chi connectivity index (χ1) is 13.5. The summed E-state index contributed by atoms with van der Waals surface area (Å²) >= 11 is 1.38. The molecule has 9 nitrogen and oxygen atoms in total. The van der Waals surface area contributed by atoms with Gasteiger partial charge >= 0.3 is 0 Å². The molecule has 1 heterocycles. The Balaban J connectivity index is 1.47. The predicted molar refractivity (Wildman–Crippen MR) is 104 cm³/mol. The van der Waals surface area contributed by atoms with Gasteiger partial charge in [0.2, 0.25) is 5.91 Å². The highest BCUT2D eigenvalue weighted by atomic mass is 32.2. The average Bonchev–Trinajstić information content (AvgIpc) is 3.60. The average molecular weight is 403 g/mol. The predicted octanol–water partition coefficient (Wildman–Crippen LogP) is 3.53. The van der Waals surface area contributed by atoms with Crippen molar-refractivity contribution in [2.45, 2.75) is 55.0 Å². The quantitative estimate of drug-likeness (QED) is 0.407. The number of anilines is 1. The van der Waals surface area contributed by atoms with Crippen LogP contribution in [0.1, 0.15) is 50.4 Å². The molecule has 0 radical (unpaired) electrons. The minimum atomic E-state index is -0.505. The van der Waals surface area contributed by atoms with E-state index in [-0.39, 0.29) is 17.3 Å². The molecule has 0 unspecified atom stereocenters. The Labute approximate surface area is 166 Å². The molecular weight excluding hydrogens is 382 g/mol. The number of nitrogens with one attached hydrogen (secondary N) is 1. The lowest BCUT2D eigenvalue weighted by Gasteiger charge is -2.14. The third-order valence-electron chi connectivity index (χ3n) is 4.85. The first-order valence-corrected chi connectivity index (χ1v) is 10.1. The van der Waals surface area contributed by atoms with Crippen molar-refractivity contribution in [3.8, 4) is 5.75 Å². The van der Waals surface area contributed by atoms with Crippen LogP contribution in [0.2, 0.25) is 0 Å². The summed E-state index contributed by atoms with van der Waals surface area (Å²) in [5.74, 6) is 1.58. The molecule has 1 atom stereocenters. The van der Waals surface area contributed by atoms with E-state index in [2.05, 4.69) is 20.1 Å². The largest absolute Gasteiger partial charge is 0.494 e. The van der Waals surface area contributed by atoms with Gasteiger partial charge in [0.15, 0.2) is 5.16 Å². The van der Waals surface area contributed by atoms with Crippen LogP contribution < -0.4 is 10.1 Å². The second-order valence-electron chi connectivity index (χ2n) is 7.11. The smallest absolute Gasteiger partial charge is 0.273 e. The molecule has 0 spiro atoms. The zero-order chi connectivity index (χ0) is 19.8. The van der Waals surface area contributed by atoms with Gasteiger partial charge in [-0.2, -0.15) is 0 Å². The molecule has 0 saturated heterocycles. The fourth-order valence-electron chi connectivity index (χ4n) is 3.01. The molecule has 4 rings (SSSR count). The topological polar surface area (TPSA) is 112 Å². The molecule has 2 saturated carbocycles. The number of methoxy groups -OCH3 is 1. The van der Waals surface area contributed by atoms with Crippen LogP contribution in [-0.4, -0.2) is 38.0 Å². The van der Waals surface area contributed by atoms with Crippen molar-refractivity contribution in [3.63, 3.8) is 0 Å². The van der Waals surface area contributed by atoms with E-state index >= 15 is 0 Å². The Hall–Kier alpha value is -2.62. The van der Waals surface area contributed by atoms with Crippen molar-refractivity contribution in [3.05, 3.63) is 34.1 Å². The number of benzene rings is 1. The van der Waals surface area contributed by atoms with Gasteiger partial charge in [0.1, 0.15) is 11.6 Å². The van der Waals surface area contributed by atoms with Gasteiger partial charge in [-0.3, -0.25) is 14.9 Å². The number of nitro benzene ring substituents is 1. The molecule has 1 aromatic heterocycles.